The number of aryl methyl sites for hydroxylation is 1. The van der Waals surface area contributed by atoms with Crippen molar-refractivity contribution < 1.29 is 47.4 Å². The number of benzene rings is 2. The maximum atomic E-state index is 14.5. The normalized spacial score (nSPS) is 26.5. The number of anilines is 1. The fourth-order valence-corrected chi connectivity index (χ4v) is 7.18. The molecule has 298 valence electrons. The molecule has 0 aromatic heterocycles. The number of esters is 1. The third kappa shape index (κ3) is 9.75. The van der Waals surface area contributed by atoms with Crippen LogP contribution in [-0.2, 0) is 39.9 Å². The minimum absolute atomic E-state index is 0.0584. The number of hydrogen-bond acceptors (Lipinski definition) is 10. The Morgan fingerprint density at radius 2 is 1.51 bits per heavy atom. The summed E-state index contributed by atoms with van der Waals surface area (Å²) in [7, 11) is 1.42. The van der Waals surface area contributed by atoms with Crippen molar-refractivity contribution in [3.63, 3.8) is 0 Å². The van der Waals surface area contributed by atoms with E-state index < -0.39 is 95.8 Å². The Balaban J connectivity index is 1.48. The van der Waals surface area contributed by atoms with Crippen LogP contribution in [0.1, 0.15) is 57.6 Å². The molecule has 5 N–H and O–H groups in total. The maximum Gasteiger partial charge on any atom is 0.329 e. The van der Waals surface area contributed by atoms with Crippen molar-refractivity contribution in [2.45, 2.75) is 109 Å². The molecule has 5 rings (SSSR count). The molecular formula is C38H49F2N7O8. The van der Waals surface area contributed by atoms with E-state index in [-0.39, 0.29) is 37.9 Å². The molecule has 3 fully saturated rings. The Kier molecular flexibility index (Phi) is 13.1. The molecular weight excluding hydrogens is 720 g/mol. The van der Waals surface area contributed by atoms with E-state index in [0.29, 0.717) is 24.6 Å². The highest BCUT2D eigenvalue weighted by atomic mass is 19.1. The molecule has 15 nitrogen and oxygen atoms in total. The molecule has 0 saturated carbocycles. The largest absolute Gasteiger partial charge is 0.458 e. The molecule has 8 atom stereocenters. The summed E-state index contributed by atoms with van der Waals surface area (Å²) in [4.78, 5) is 86.7. The SMILES string of the molecule is Cc1ccc(NC(O)NC(Cc2cc(F)cc(F)c2)C(=O)NC2C(=O)N3CCCC3C(=O)N(C)C(C)C(=O)NC(C)C(=O)N3CCCC3C(=O)OC2C)cc1. The molecule has 2 aromatic carbocycles. The summed E-state index contributed by atoms with van der Waals surface area (Å²) in [6.07, 6.45) is -1.88. The Hall–Kier alpha value is -5.16. The van der Waals surface area contributed by atoms with Gasteiger partial charge in [0.25, 0.3) is 0 Å². The molecule has 55 heavy (non-hydrogen) atoms. The van der Waals surface area contributed by atoms with Gasteiger partial charge in [-0.3, -0.25) is 29.3 Å². The maximum absolute atomic E-state index is 14.5. The Morgan fingerprint density at radius 3 is 2.15 bits per heavy atom. The number of rotatable bonds is 8. The number of cyclic esters (lactones) is 1. The average Bonchev–Trinajstić information content (AvgIpc) is 3.83. The molecule has 3 aliphatic heterocycles. The predicted octanol–water partition coefficient (Wildman–Crippen LogP) is 0.926. The lowest BCUT2D eigenvalue weighted by atomic mass is 10.0. The van der Waals surface area contributed by atoms with Gasteiger partial charge in [0, 0.05) is 31.9 Å². The van der Waals surface area contributed by atoms with Crippen LogP contribution in [0.3, 0.4) is 0 Å². The van der Waals surface area contributed by atoms with Gasteiger partial charge in [0.15, 0.2) is 6.35 Å². The van der Waals surface area contributed by atoms with Gasteiger partial charge in [0.05, 0.1) is 6.04 Å². The summed E-state index contributed by atoms with van der Waals surface area (Å²) >= 11 is 0. The zero-order chi connectivity index (χ0) is 40.1. The van der Waals surface area contributed by atoms with Gasteiger partial charge >= 0.3 is 5.97 Å². The molecule has 17 heteroatoms. The fraction of sp³-hybridized carbons (Fsp3) is 0.526. The highest BCUT2D eigenvalue weighted by Gasteiger charge is 2.45. The minimum Gasteiger partial charge on any atom is -0.458 e. The van der Waals surface area contributed by atoms with Gasteiger partial charge in [-0.1, -0.05) is 17.7 Å². The van der Waals surface area contributed by atoms with E-state index in [4.69, 9.17) is 4.74 Å². The smallest absolute Gasteiger partial charge is 0.329 e. The second kappa shape index (κ2) is 17.5. The first-order valence-corrected chi connectivity index (χ1v) is 18.4. The molecule has 5 amide bonds. The molecule has 3 saturated heterocycles. The van der Waals surface area contributed by atoms with Crippen LogP contribution in [0.2, 0.25) is 0 Å². The van der Waals surface area contributed by atoms with E-state index in [1.165, 1.54) is 42.5 Å². The van der Waals surface area contributed by atoms with E-state index in [1.807, 2.05) is 6.92 Å². The quantitative estimate of drug-likeness (QED) is 0.191. The number of aliphatic hydroxyl groups is 1. The topological polar surface area (TPSA) is 190 Å². The number of halogens is 2. The van der Waals surface area contributed by atoms with Crippen LogP contribution in [0.25, 0.3) is 0 Å². The number of likely N-dealkylation sites (N-methyl/N-ethyl adjacent to an activating group) is 1. The van der Waals surface area contributed by atoms with Gasteiger partial charge in [0.2, 0.25) is 29.5 Å². The summed E-state index contributed by atoms with van der Waals surface area (Å²) in [5.41, 5.74) is 1.51. The third-order valence-electron chi connectivity index (χ3n) is 10.4. The Labute approximate surface area is 318 Å². The number of amides is 5. The number of nitrogens with one attached hydrogen (secondary N) is 4. The third-order valence-corrected chi connectivity index (χ3v) is 10.4. The number of carbonyl (C=O) groups is 6. The van der Waals surface area contributed by atoms with Crippen LogP contribution in [-0.4, -0.2) is 124 Å². The van der Waals surface area contributed by atoms with Crippen LogP contribution in [0.5, 0.6) is 0 Å². The van der Waals surface area contributed by atoms with E-state index in [0.717, 1.165) is 17.7 Å². The van der Waals surface area contributed by atoms with Crippen LogP contribution in [0.15, 0.2) is 42.5 Å². The molecule has 3 heterocycles. The molecule has 0 bridgehead atoms. The lowest BCUT2D eigenvalue weighted by Gasteiger charge is -2.36. The molecule has 3 aliphatic rings. The van der Waals surface area contributed by atoms with Crippen LogP contribution in [0, 0.1) is 18.6 Å². The Morgan fingerprint density at radius 1 is 0.909 bits per heavy atom. The lowest BCUT2D eigenvalue weighted by molar-refractivity contribution is -0.162. The van der Waals surface area contributed by atoms with Gasteiger partial charge in [0.1, 0.15) is 47.9 Å². The van der Waals surface area contributed by atoms with Crippen molar-refractivity contribution in [3.05, 3.63) is 65.2 Å². The number of hydrogen-bond donors (Lipinski definition) is 5. The van der Waals surface area contributed by atoms with Crippen molar-refractivity contribution in [2.24, 2.45) is 0 Å². The van der Waals surface area contributed by atoms with Gasteiger partial charge in [-0.25, -0.2) is 13.6 Å². The fourth-order valence-electron chi connectivity index (χ4n) is 7.18. The monoisotopic (exact) mass is 769 g/mol. The summed E-state index contributed by atoms with van der Waals surface area (Å²) in [6.45, 7) is 6.58. The molecule has 0 radical (unpaired) electrons. The second-order valence-electron chi connectivity index (χ2n) is 14.5. The standard InChI is InChI=1S/C38H49F2N7O8/c1-20-10-12-27(13-11-20)42-38(54)43-28(18-24-16-25(39)19-26(40)17-24)33(49)44-31-23(4)55-37(53)30-9-7-15-47(30)34(50)21(2)41-32(48)22(3)45(5)35(51)29-8-6-14-46(29)36(31)52/h10-13,16-17,19,21-23,28-31,38,42-43,54H,6-9,14-15,18H2,1-5H3,(H,41,48)(H,44,49). The predicted molar refractivity (Wildman–Crippen MR) is 195 cm³/mol. The number of ether oxygens (including phenoxy) is 1. The lowest BCUT2D eigenvalue weighted by Crippen LogP contribution is -2.62. The van der Waals surface area contributed by atoms with Crippen LogP contribution in [0.4, 0.5) is 14.5 Å². The number of nitrogens with zero attached hydrogens (tertiary/aromatic N) is 3. The van der Waals surface area contributed by atoms with Crippen molar-refractivity contribution in [1.29, 1.82) is 0 Å². The number of aliphatic hydroxyl groups excluding tert-OH is 1. The van der Waals surface area contributed by atoms with E-state index in [1.54, 1.807) is 24.3 Å². The summed E-state index contributed by atoms with van der Waals surface area (Å²) in [6, 6.07) is 2.58. The molecule has 0 aliphatic carbocycles. The Bertz CT molecular complexity index is 1760. The van der Waals surface area contributed by atoms with Gasteiger partial charge in [-0.15, -0.1) is 0 Å². The van der Waals surface area contributed by atoms with Crippen molar-refractivity contribution >= 4 is 41.2 Å². The van der Waals surface area contributed by atoms with E-state index in [9.17, 15) is 42.7 Å². The molecule has 0 spiro atoms. The molecule has 8 unspecified atom stereocenters. The highest BCUT2D eigenvalue weighted by Crippen LogP contribution is 2.25. The first-order chi connectivity index (χ1) is 26.0. The summed E-state index contributed by atoms with van der Waals surface area (Å²) < 4.78 is 34.3. The number of fused-ring (bicyclic) bond motifs is 2. The summed E-state index contributed by atoms with van der Waals surface area (Å²) in [5.74, 6) is -5.96. The molecule has 2 aromatic rings. The average molecular weight is 770 g/mol. The van der Waals surface area contributed by atoms with Crippen molar-refractivity contribution in [1.82, 2.24) is 30.7 Å². The summed E-state index contributed by atoms with van der Waals surface area (Å²) in [5, 5.41) is 21.7. The van der Waals surface area contributed by atoms with E-state index >= 15 is 0 Å². The minimum atomic E-state index is -1.59. The van der Waals surface area contributed by atoms with Crippen molar-refractivity contribution in [2.75, 3.05) is 25.5 Å². The van der Waals surface area contributed by atoms with Crippen LogP contribution >= 0.6 is 0 Å². The van der Waals surface area contributed by atoms with Gasteiger partial charge in [-0.05, 0) is 89.6 Å². The highest BCUT2D eigenvalue weighted by molar-refractivity contribution is 5.97. The van der Waals surface area contributed by atoms with Crippen LogP contribution < -0.4 is 21.3 Å². The van der Waals surface area contributed by atoms with Gasteiger partial charge < -0.3 is 40.5 Å². The van der Waals surface area contributed by atoms with Gasteiger partial charge in [-0.2, -0.15) is 0 Å². The first kappa shape index (κ1) is 41.0. The number of carbonyl (C=O) groups excluding carboxylic acids is 6. The second-order valence-corrected chi connectivity index (χ2v) is 14.5. The zero-order valence-electron chi connectivity index (χ0n) is 31.5. The zero-order valence-corrected chi connectivity index (χ0v) is 31.5. The van der Waals surface area contributed by atoms with Crippen molar-refractivity contribution in [3.8, 4) is 0 Å². The van der Waals surface area contributed by atoms with E-state index in [2.05, 4.69) is 21.3 Å². The first-order valence-electron chi connectivity index (χ1n) is 18.4.